The van der Waals surface area contributed by atoms with Gasteiger partial charge in [0.25, 0.3) is 0 Å². The Hall–Kier alpha value is -1.27. The van der Waals surface area contributed by atoms with Gasteiger partial charge < -0.3 is 5.73 Å². The second-order valence-electron chi connectivity index (χ2n) is 2.88. The standard InChI is InChI=1S/C10H15N3/c1-3-4-5-6-13-10(7-11)9(2)8-12-13/h8H,5-7,11H2,1-2H3. The van der Waals surface area contributed by atoms with Gasteiger partial charge >= 0.3 is 0 Å². The molecule has 0 aliphatic heterocycles. The SMILES string of the molecule is CC#CCCn1ncc(C)c1CN. The molecule has 3 nitrogen and oxygen atoms in total. The van der Waals surface area contributed by atoms with Crippen LogP contribution in [-0.2, 0) is 13.1 Å². The van der Waals surface area contributed by atoms with E-state index >= 15 is 0 Å². The normalized spacial score (nSPS) is 9.46. The van der Waals surface area contributed by atoms with Crippen LogP contribution in [0, 0.1) is 18.8 Å². The van der Waals surface area contributed by atoms with Gasteiger partial charge in [-0.3, -0.25) is 4.68 Å². The van der Waals surface area contributed by atoms with E-state index in [1.54, 1.807) is 0 Å². The van der Waals surface area contributed by atoms with E-state index in [1.165, 1.54) is 0 Å². The lowest BCUT2D eigenvalue weighted by Gasteiger charge is -2.03. The van der Waals surface area contributed by atoms with Gasteiger partial charge in [-0.2, -0.15) is 5.10 Å². The molecule has 3 heteroatoms. The van der Waals surface area contributed by atoms with Crippen LogP contribution in [0.15, 0.2) is 6.20 Å². The fourth-order valence-corrected chi connectivity index (χ4v) is 1.25. The van der Waals surface area contributed by atoms with Crippen molar-refractivity contribution in [1.82, 2.24) is 9.78 Å². The molecular formula is C10H15N3. The summed E-state index contributed by atoms with van der Waals surface area (Å²) in [7, 11) is 0. The van der Waals surface area contributed by atoms with Gasteiger partial charge in [0.05, 0.1) is 18.4 Å². The van der Waals surface area contributed by atoms with E-state index in [2.05, 4.69) is 16.9 Å². The first kappa shape index (κ1) is 9.82. The van der Waals surface area contributed by atoms with Gasteiger partial charge in [0.15, 0.2) is 0 Å². The van der Waals surface area contributed by atoms with E-state index < -0.39 is 0 Å². The molecule has 0 spiro atoms. The van der Waals surface area contributed by atoms with E-state index in [0.717, 1.165) is 24.2 Å². The van der Waals surface area contributed by atoms with Crippen LogP contribution in [0.2, 0.25) is 0 Å². The van der Waals surface area contributed by atoms with Crippen LogP contribution in [0.1, 0.15) is 24.6 Å². The van der Waals surface area contributed by atoms with Gasteiger partial charge in [-0.25, -0.2) is 0 Å². The number of nitrogens with zero attached hydrogens (tertiary/aromatic N) is 2. The van der Waals surface area contributed by atoms with E-state index in [4.69, 9.17) is 5.73 Å². The fraction of sp³-hybridized carbons (Fsp3) is 0.500. The summed E-state index contributed by atoms with van der Waals surface area (Å²) in [6.45, 7) is 5.25. The van der Waals surface area contributed by atoms with Gasteiger partial charge in [-0.15, -0.1) is 11.8 Å². The molecule has 1 rings (SSSR count). The number of nitrogens with two attached hydrogens (primary N) is 1. The van der Waals surface area contributed by atoms with E-state index in [-0.39, 0.29) is 0 Å². The number of hydrogen-bond acceptors (Lipinski definition) is 2. The van der Waals surface area contributed by atoms with Crippen LogP contribution in [-0.4, -0.2) is 9.78 Å². The molecule has 0 bridgehead atoms. The van der Waals surface area contributed by atoms with Gasteiger partial charge in [0.2, 0.25) is 0 Å². The maximum atomic E-state index is 5.60. The van der Waals surface area contributed by atoms with Gasteiger partial charge in [-0.1, -0.05) is 0 Å². The molecule has 70 valence electrons. The molecule has 1 aromatic heterocycles. The van der Waals surface area contributed by atoms with Crippen molar-refractivity contribution in [2.75, 3.05) is 0 Å². The number of aromatic nitrogens is 2. The molecule has 0 fully saturated rings. The molecule has 0 radical (unpaired) electrons. The molecule has 0 aliphatic carbocycles. The highest BCUT2D eigenvalue weighted by Crippen LogP contribution is 2.06. The summed E-state index contributed by atoms with van der Waals surface area (Å²) >= 11 is 0. The van der Waals surface area contributed by atoms with Crippen molar-refractivity contribution < 1.29 is 0 Å². The summed E-state index contributed by atoms with van der Waals surface area (Å²) in [4.78, 5) is 0. The predicted molar refractivity (Wildman–Crippen MR) is 52.9 cm³/mol. The van der Waals surface area contributed by atoms with Crippen LogP contribution in [0.25, 0.3) is 0 Å². The Morgan fingerprint density at radius 2 is 2.38 bits per heavy atom. The molecule has 13 heavy (non-hydrogen) atoms. The fourth-order valence-electron chi connectivity index (χ4n) is 1.25. The Morgan fingerprint density at radius 3 is 3.00 bits per heavy atom. The van der Waals surface area contributed by atoms with Crippen LogP contribution in [0.4, 0.5) is 0 Å². The minimum Gasteiger partial charge on any atom is -0.325 e. The highest BCUT2D eigenvalue weighted by Gasteiger charge is 2.03. The molecule has 0 aliphatic rings. The van der Waals surface area contributed by atoms with E-state index in [1.807, 2.05) is 24.7 Å². The zero-order chi connectivity index (χ0) is 9.68. The zero-order valence-corrected chi connectivity index (χ0v) is 8.17. The molecule has 0 aromatic carbocycles. The minimum absolute atomic E-state index is 0.547. The first-order chi connectivity index (χ1) is 6.29. The highest BCUT2D eigenvalue weighted by molar-refractivity contribution is 5.15. The van der Waals surface area contributed by atoms with Crippen LogP contribution >= 0.6 is 0 Å². The highest BCUT2D eigenvalue weighted by atomic mass is 15.3. The Balaban J connectivity index is 2.68. The first-order valence-corrected chi connectivity index (χ1v) is 4.40. The maximum Gasteiger partial charge on any atom is 0.0549 e. The zero-order valence-electron chi connectivity index (χ0n) is 8.17. The first-order valence-electron chi connectivity index (χ1n) is 4.40. The van der Waals surface area contributed by atoms with E-state index in [0.29, 0.717) is 6.54 Å². The van der Waals surface area contributed by atoms with Crippen LogP contribution in [0.3, 0.4) is 0 Å². The smallest absolute Gasteiger partial charge is 0.0549 e. The van der Waals surface area contributed by atoms with Crippen molar-refractivity contribution in [3.8, 4) is 11.8 Å². The molecule has 1 aromatic rings. The third-order valence-corrected chi connectivity index (χ3v) is 1.98. The molecule has 0 unspecified atom stereocenters. The second-order valence-corrected chi connectivity index (χ2v) is 2.88. The summed E-state index contributed by atoms with van der Waals surface area (Å²) in [5.74, 6) is 5.87. The van der Waals surface area contributed by atoms with Crippen molar-refractivity contribution in [3.05, 3.63) is 17.5 Å². The third kappa shape index (κ3) is 2.33. The average Bonchev–Trinajstić information content (AvgIpc) is 2.47. The minimum atomic E-state index is 0.547. The molecule has 0 saturated carbocycles. The Labute approximate surface area is 78.9 Å². The van der Waals surface area contributed by atoms with Crippen molar-refractivity contribution in [2.45, 2.75) is 33.4 Å². The van der Waals surface area contributed by atoms with Gasteiger partial charge in [-0.05, 0) is 19.4 Å². The molecule has 2 N–H and O–H groups in total. The second kappa shape index (κ2) is 4.68. The molecular weight excluding hydrogens is 162 g/mol. The van der Waals surface area contributed by atoms with Gasteiger partial charge in [0, 0.05) is 13.0 Å². The predicted octanol–water partition coefficient (Wildman–Crippen LogP) is 1.06. The molecule has 0 saturated heterocycles. The summed E-state index contributed by atoms with van der Waals surface area (Å²) in [6.07, 6.45) is 2.69. The third-order valence-electron chi connectivity index (χ3n) is 1.98. The Bertz CT molecular complexity index is 328. The number of hydrogen-bond donors (Lipinski definition) is 1. The molecule has 0 atom stereocenters. The summed E-state index contributed by atoms with van der Waals surface area (Å²) in [6, 6.07) is 0. The van der Waals surface area contributed by atoms with Crippen molar-refractivity contribution in [3.63, 3.8) is 0 Å². The number of aryl methyl sites for hydroxylation is 2. The van der Waals surface area contributed by atoms with Crippen molar-refractivity contribution >= 4 is 0 Å². The largest absolute Gasteiger partial charge is 0.325 e. The topological polar surface area (TPSA) is 43.8 Å². The quantitative estimate of drug-likeness (QED) is 0.702. The molecule has 0 amide bonds. The van der Waals surface area contributed by atoms with Crippen molar-refractivity contribution in [1.29, 1.82) is 0 Å². The summed E-state index contributed by atoms with van der Waals surface area (Å²) in [5.41, 5.74) is 7.87. The lowest BCUT2D eigenvalue weighted by molar-refractivity contribution is 0.596. The van der Waals surface area contributed by atoms with Crippen LogP contribution in [0.5, 0.6) is 0 Å². The lowest BCUT2D eigenvalue weighted by atomic mass is 10.3. The number of rotatable bonds is 3. The summed E-state index contributed by atoms with van der Waals surface area (Å²) in [5, 5.41) is 4.23. The monoisotopic (exact) mass is 177 g/mol. The lowest BCUT2D eigenvalue weighted by Crippen LogP contribution is -2.09. The Morgan fingerprint density at radius 1 is 1.62 bits per heavy atom. The maximum absolute atomic E-state index is 5.60. The van der Waals surface area contributed by atoms with Gasteiger partial charge in [0.1, 0.15) is 0 Å². The average molecular weight is 177 g/mol. The molecule has 1 heterocycles. The van der Waals surface area contributed by atoms with E-state index in [9.17, 15) is 0 Å². The van der Waals surface area contributed by atoms with Crippen molar-refractivity contribution in [2.24, 2.45) is 5.73 Å². The summed E-state index contributed by atoms with van der Waals surface area (Å²) < 4.78 is 1.93. The Kier molecular flexibility index (Phi) is 3.53. The van der Waals surface area contributed by atoms with Crippen LogP contribution < -0.4 is 5.73 Å².